The molecule has 4 N–H and O–H groups in total. The van der Waals surface area contributed by atoms with E-state index in [9.17, 15) is 14.7 Å². The molecule has 118 valence electrons. The topological polar surface area (TPSA) is 133 Å². The number of rotatable bonds is 4. The van der Waals surface area contributed by atoms with Crippen molar-refractivity contribution in [1.29, 1.82) is 0 Å². The average Bonchev–Trinajstić information content (AvgIpc) is 3.11. The van der Waals surface area contributed by atoms with E-state index in [1.807, 2.05) is 0 Å². The second kappa shape index (κ2) is 5.87. The highest BCUT2D eigenvalue weighted by molar-refractivity contribution is 5.12. The predicted molar refractivity (Wildman–Crippen MR) is 74.3 cm³/mol. The fourth-order valence-electron chi connectivity index (χ4n) is 2.49. The van der Waals surface area contributed by atoms with E-state index in [1.54, 1.807) is 12.4 Å². The van der Waals surface area contributed by atoms with Gasteiger partial charge in [0.15, 0.2) is 0 Å². The van der Waals surface area contributed by atoms with Crippen LogP contribution in [0.1, 0.15) is 24.0 Å². The van der Waals surface area contributed by atoms with Crippen LogP contribution in [0.3, 0.4) is 0 Å². The van der Waals surface area contributed by atoms with Crippen molar-refractivity contribution in [2.45, 2.75) is 31.3 Å². The van der Waals surface area contributed by atoms with Crippen LogP contribution in [-0.2, 0) is 11.2 Å². The number of nitrogens with one attached hydrogen (secondary N) is 2. The third-order valence-corrected chi connectivity index (χ3v) is 3.65. The van der Waals surface area contributed by atoms with Crippen molar-refractivity contribution in [1.82, 2.24) is 19.5 Å². The molecule has 0 spiro atoms. The lowest BCUT2D eigenvalue weighted by Crippen LogP contribution is -2.34. The van der Waals surface area contributed by atoms with Crippen molar-refractivity contribution in [2.75, 3.05) is 6.61 Å². The Balaban J connectivity index is 1.92. The van der Waals surface area contributed by atoms with E-state index in [0.717, 1.165) is 0 Å². The van der Waals surface area contributed by atoms with E-state index < -0.39 is 29.7 Å². The Morgan fingerprint density at radius 2 is 2.27 bits per heavy atom. The number of aromatic amines is 2. The number of imidazole rings is 1. The lowest BCUT2D eigenvalue weighted by Gasteiger charge is -2.15. The molecule has 0 aliphatic carbocycles. The molecule has 1 saturated heterocycles. The largest absolute Gasteiger partial charge is 0.394 e. The van der Waals surface area contributed by atoms with Gasteiger partial charge in [-0.15, -0.1) is 0 Å². The van der Waals surface area contributed by atoms with E-state index in [-0.39, 0.29) is 19.4 Å². The van der Waals surface area contributed by atoms with Gasteiger partial charge in [0.25, 0.3) is 5.56 Å². The Hall–Kier alpha value is -2.23. The minimum atomic E-state index is -0.859. The molecule has 2 aromatic rings. The van der Waals surface area contributed by atoms with Crippen LogP contribution in [0.2, 0.25) is 0 Å². The summed E-state index contributed by atoms with van der Waals surface area (Å²) in [6, 6.07) is 0. The minimum Gasteiger partial charge on any atom is -0.394 e. The Kier molecular flexibility index (Phi) is 3.92. The number of aromatic nitrogens is 4. The molecule has 2 aromatic heterocycles. The van der Waals surface area contributed by atoms with Gasteiger partial charge in [0, 0.05) is 37.0 Å². The van der Waals surface area contributed by atoms with Gasteiger partial charge < -0.3 is 19.9 Å². The molecule has 0 unspecified atom stereocenters. The summed E-state index contributed by atoms with van der Waals surface area (Å²) in [6.45, 7) is -0.338. The minimum absolute atomic E-state index is 0.164. The highest BCUT2D eigenvalue weighted by Crippen LogP contribution is 2.27. The highest BCUT2D eigenvalue weighted by atomic mass is 16.5. The maximum absolute atomic E-state index is 11.9. The third-order valence-electron chi connectivity index (χ3n) is 3.65. The summed E-state index contributed by atoms with van der Waals surface area (Å²) in [6.07, 6.45) is 2.69. The number of aliphatic hydroxyl groups excluding tert-OH is 2. The second-order valence-electron chi connectivity index (χ2n) is 5.15. The summed E-state index contributed by atoms with van der Waals surface area (Å²) in [5.74, 6) is 0.594. The van der Waals surface area contributed by atoms with Crippen LogP contribution in [0.5, 0.6) is 0 Å². The number of aliphatic hydroxyl groups is 2. The maximum atomic E-state index is 11.9. The molecule has 3 heterocycles. The van der Waals surface area contributed by atoms with Crippen molar-refractivity contribution in [3.8, 4) is 0 Å². The highest BCUT2D eigenvalue weighted by Gasteiger charge is 2.35. The smallest absolute Gasteiger partial charge is 0.330 e. The molecule has 22 heavy (non-hydrogen) atoms. The normalized spacial score (nSPS) is 24.7. The lowest BCUT2D eigenvalue weighted by atomic mass is 10.2. The first-order chi connectivity index (χ1) is 10.6. The van der Waals surface area contributed by atoms with Gasteiger partial charge in [0.1, 0.15) is 18.2 Å². The van der Waals surface area contributed by atoms with Crippen molar-refractivity contribution in [2.24, 2.45) is 0 Å². The fraction of sp³-hybridized carbons (Fsp3) is 0.462. The summed E-state index contributed by atoms with van der Waals surface area (Å²) in [7, 11) is 0. The Morgan fingerprint density at radius 1 is 1.45 bits per heavy atom. The first kappa shape index (κ1) is 14.7. The summed E-state index contributed by atoms with van der Waals surface area (Å²) in [5.41, 5.74) is -0.765. The van der Waals surface area contributed by atoms with Crippen LogP contribution < -0.4 is 11.2 Å². The molecule has 0 amide bonds. The molecular weight excluding hydrogens is 292 g/mol. The van der Waals surface area contributed by atoms with E-state index >= 15 is 0 Å². The molecule has 1 aliphatic rings. The molecular formula is C13H16N4O5. The Labute approximate surface area is 124 Å². The maximum Gasteiger partial charge on any atom is 0.330 e. The molecule has 0 aromatic carbocycles. The third kappa shape index (κ3) is 2.73. The summed E-state index contributed by atoms with van der Waals surface area (Å²) in [4.78, 5) is 33.0. The van der Waals surface area contributed by atoms with Crippen LogP contribution in [0.25, 0.3) is 0 Å². The lowest BCUT2D eigenvalue weighted by molar-refractivity contribution is -0.0459. The standard InChI is InChI=1S/C13H16N4O5/c18-6-9-8(19)4-11(22-9)17-5-7(12(20)16-13(17)21)3-10-14-1-2-15-10/h1-2,5,8-9,11,18-19H,3-4,6H2,(H,14,15)(H,16,20,21)/t8-,9+,11+/m0/s1. The van der Waals surface area contributed by atoms with Gasteiger partial charge in [-0.3, -0.25) is 14.3 Å². The summed E-state index contributed by atoms with van der Waals surface area (Å²) < 4.78 is 6.66. The molecule has 1 aliphatic heterocycles. The average molecular weight is 308 g/mol. The van der Waals surface area contributed by atoms with Crippen LogP contribution in [0, 0.1) is 0 Å². The van der Waals surface area contributed by atoms with Gasteiger partial charge in [0.2, 0.25) is 0 Å². The molecule has 1 fully saturated rings. The summed E-state index contributed by atoms with van der Waals surface area (Å²) >= 11 is 0. The quantitative estimate of drug-likeness (QED) is 0.543. The van der Waals surface area contributed by atoms with Gasteiger partial charge >= 0.3 is 5.69 Å². The summed E-state index contributed by atoms with van der Waals surface area (Å²) in [5, 5.41) is 18.9. The molecule has 3 atom stereocenters. The van der Waals surface area contributed by atoms with Crippen molar-refractivity contribution in [3.63, 3.8) is 0 Å². The van der Waals surface area contributed by atoms with Crippen LogP contribution in [0.4, 0.5) is 0 Å². The molecule has 9 nitrogen and oxygen atoms in total. The SMILES string of the molecule is O=c1[nH]c(=O)n([C@H]2C[C@H](O)[C@@H](CO)O2)cc1Cc1ncc[nH]1. The van der Waals surface area contributed by atoms with Crippen molar-refractivity contribution in [3.05, 3.63) is 50.8 Å². The Bertz CT molecular complexity index is 751. The molecule has 0 bridgehead atoms. The number of nitrogens with zero attached hydrogens (tertiary/aromatic N) is 2. The number of ether oxygens (including phenoxy) is 1. The van der Waals surface area contributed by atoms with Crippen LogP contribution >= 0.6 is 0 Å². The number of H-pyrrole nitrogens is 2. The van der Waals surface area contributed by atoms with Gasteiger partial charge in [-0.1, -0.05) is 0 Å². The Morgan fingerprint density at radius 3 is 2.91 bits per heavy atom. The van der Waals surface area contributed by atoms with Crippen LogP contribution in [-0.4, -0.2) is 48.5 Å². The van der Waals surface area contributed by atoms with Gasteiger partial charge in [-0.2, -0.15) is 0 Å². The van der Waals surface area contributed by atoms with Gasteiger partial charge in [0.05, 0.1) is 12.7 Å². The zero-order valence-electron chi connectivity index (χ0n) is 11.6. The zero-order chi connectivity index (χ0) is 15.7. The predicted octanol–water partition coefficient (Wildman–Crippen LogP) is -1.51. The molecule has 9 heteroatoms. The molecule has 0 radical (unpaired) electrons. The van der Waals surface area contributed by atoms with Crippen molar-refractivity contribution >= 4 is 0 Å². The number of hydrogen-bond acceptors (Lipinski definition) is 6. The van der Waals surface area contributed by atoms with E-state index in [2.05, 4.69) is 15.0 Å². The second-order valence-corrected chi connectivity index (χ2v) is 5.15. The zero-order valence-corrected chi connectivity index (χ0v) is 11.6. The van der Waals surface area contributed by atoms with Gasteiger partial charge in [-0.25, -0.2) is 9.78 Å². The van der Waals surface area contributed by atoms with E-state index in [4.69, 9.17) is 9.84 Å². The fourth-order valence-corrected chi connectivity index (χ4v) is 2.49. The van der Waals surface area contributed by atoms with Crippen LogP contribution in [0.15, 0.2) is 28.2 Å². The molecule has 3 rings (SSSR count). The van der Waals surface area contributed by atoms with Crippen molar-refractivity contribution < 1.29 is 14.9 Å². The first-order valence-corrected chi connectivity index (χ1v) is 6.85. The van der Waals surface area contributed by atoms with Gasteiger partial charge in [-0.05, 0) is 0 Å². The molecule has 0 saturated carbocycles. The monoisotopic (exact) mass is 308 g/mol. The first-order valence-electron chi connectivity index (χ1n) is 6.85. The van der Waals surface area contributed by atoms with E-state index in [0.29, 0.717) is 11.4 Å². The number of hydrogen-bond donors (Lipinski definition) is 4. The van der Waals surface area contributed by atoms with E-state index in [1.165, 1.54) is 10.8 Å².